The van der Waals surface area contributed by atoms with E-state index in [1.807, 2.05) is 6.92 Å². The predicted molar refractivity (Wildman–Crippen MR) is 92.6 cm³/mol. The molecule has 23 heavy (non-hydrogen) atoms. The number of nitrogens with zero attached hydrogens (tertiary/aromatic N) is 1. The second kappa shape index (κ2) is 8.09. The molecule has 0 radical (unpaired) electrons. The van der Waals surface area contributed by atoms with E-state index < -0.39 is 5.82 Å². The Morgan fingerprint density at radius 1 is 1.30 bits per heavy atom. The van der Waals surface area contributed by atoms with Crippen molar-refractivity contribution in [3.8, 4) is 11.5 Å². The Labute approximate surface area is 138 Å². The number of benzene rings is 2. The van der Waals surface area contributed by atoms with Crippen LogP contribution in [0.3, 0.4) is 0 Å². The van der Waals surface area contributed by atoms with Crippen molar-refractivity contribution in [2.45, 2.75) is 6.92 Å². The van der Waals surface area contributed by atoms with E-state index in [0.29, 0.717) is 17.9 Å². The van der Waals surface area contributed by atoms with Gasteiger partial charge in [-0.1, -0.05) is 18.2 Å². The van der Waals surface area contributed by atoms with Gasteiger partial charge in [0.25, 0.3) is 0 Å². The van der Waals surface area contributed by atoms with Crippen LogP contribution in [0.2, 0.25) is 0 Å². The number of phenolic OH excluding ortho intramolecular Hbond substituents is 1. The lowest BCUT2D eigenvalue weighted by Gasteiger charge is -2.08. The number of halogens is 1. The largest absolute Gasteiger partial charge is 0.504 e. The van der Waals surface area contributed by atoms with Gasteiger partial charge in [-0.15, -0.1) is 0 Å². The Hall–Kier alpha value is -2.67. The van der Waals surface area contributed by atoms with Crippen LogP contribution in [0.15, 0.2) is 47.6 Å². The van der Waals surface area contributed by atoms with Crippen molar-refractivity contribution in [3.05, 3.63) is 53.8 Å². The number of para-hydroxylation sites is 2. The lowest BCUT2D eigenvalue weighted by atomic mass is 10.2. The average Bonchev–Trinajstić information content (AvgIpc) is 2.53. The maximum Gasteiger partial charge on any atom is 0.191 e. The first-order chi connectivity index (χ1) is 11.1. The molecule has 3 N–H and O–H groups in total. The quantitative estimate of drug-likeness (QED) is 0.445. The van der Waals surface area contributed by atoms with E-state index in [2.05, 4.69) is 15.8 Å². The summed E-state index contributed by atoms with van der Waals surface area (Å²) in [5.74, 6) is -0.0425. The Morgan fingerprint density at radius 3 is 2.83 bits per heavy atom. The van der Waals surface area contributed by atoms with Crippen molar-refractivity contribution in [3.63, 3.8) is 0 Å². The molecule has 0 saturated heterocycles. The minimum atomic E-state index is -0.414. The highest BCUT2D eigenvalue weighted by atomic mass is 32.1. The summed E-state index contributed by atoms with van der Waals surface area (Å²) in [7, 11) is 0. The number of hydrogen-bond acceptors (Lipinski definition) is 4. The maximum atomic E-state index is 13.5. The van der Waals surface area contributed by atoms with Gasteiger partial charge in [-0.3, -0.25) is 5.43 Å². The summed E-state index contributed by atoms with van der Waals surface area (Å²) >= 11 is 5.02. The van der Waals surface area contributed by atoms with Gasteiger partial charge in [0.2, 0.25) is 0 Å². The van der Waals surface area contributed by atoms with Gasteiger partial charge in [-0.25, -0.2) is 4.39 Å². The fraction of sp³-hybridized carbons (Fsp3) is 0.125. The first kappa shape index (κ1) is 16.7. The van der Waals surface area contributed by atoms with Crippen molar-refractivity contribution in [1.82, 2.24) is 5.43 Å². The fourth-order valence-electron chi connectivity index (χ4n) is 1.79. The van der Waals surface area contributed by atoms with E-state index in [1.165, 1.54) is 12.3 Å². The number of nitrogens with one attached hydrogen (secondary N) is 2. The van der Waals surface area contributed by atoms with E-state index in [0.717, 1.165) is 0 Å². The van der Waals surface area contributed by atoms with Gasteiger partial charge in [0.1, 0.15) is 5.82 Å². The molecule has 0 bridgehead atoms. The van der Waals surface area contributed by atoms with E-state index in [4.69, 9.17) is 17.0 Å². The highest BCUT2D eigenvalue weighted by Crippen LogP contribution is 2.28. The molecule has 0 unspecified atom stereocenters. The average molecular weight is 333 g/mol. The summed E-state index contributed by atoms with van der Waals surface area (Å²) in [5.41, 5.74) is 3.28. The van der Waals surface area contributed by atoms with Crippen molar-refractivity contribution in [1.29, 1.82) is 0 Å². The monoisotopic (exact) mass is 333 g/mol. The smallest absolute Gasteiger partial charge is 0.191 e. The van der Waals surface area contributed by atoms with Crippen molar-refractivity contribution >= 4 is 29.2 Å². The van der Waals surface area contributed by atoms with Crippen LogP contribution in [0.4, 0.5) is 10.1 Å². The van der Waals surface area contributed by atoms with Crippen LogP contribution in [0.25, 0.3) is 0 Å². The third-order valence-corrected chi connectivity index (χ3v) is 3.02. The Kier molecular flexibility index (Phi) is 5.87. The van der Waals surface area contributed by atoms with Crippen molar-refractivity contribution in [2.75, 3.05) is 11.9 Å². The van der Waals surface area contributed by atoms with E-state index >= 15 is 0 Å². The number of aromatic hydroxyl groups is 1. The molecular formula is C16H16FN3O2S. The van der Waals surface area contributed by atoms with Gasteiger partial charge in [0, 0.05) is 5.56 Å². The standard InChI is InChI=1S/C16H16FN3O2S/c1-2-22-14-9-5-6-11(15(14)21)10-18-20-16(23)19-13-8-4-3-7-12(13)17/h3-10,21H,2H2,1H3,(H2,19,20,23)/b18-10+. The van der Waals surface area contributed by atoms with Crippen molar-refractivity contribution in [2.24, 2.45) is 5.10 Å². The van der Waals surface area contributed by atoms with E-state index in [9.17, 15) is 9.50 Å². The van der Waals surface area contributed by atoms with Gasteiger partial charge >= 0.3 is 0 Å². The zero-order chi connectivity index (χ0) is 16.7. The molecule has 7 heteroatoms. The molecule has 0 heterocycles. The van der Waals surface area contributed by atoms with Crippen LogP contribution < -0.4 is 15.5 Å². The molecule has 0 spiro atoms. The molecule has 2 rings (SSSR count). The molecule has 0 saturated carbocycles. The van der Waals surface area contributed by atoms with E-state index in [1.54, 1.807) is 36.4 Å². The van der Waals surface area contributed by atoms with Crippen LogP contribution in [-0.2, 0) is 0 Å². The number of hydrogen-bond donors (Lipinski definition) is 3. The van der Waals surface area contributed by atoms with Crippen LogP contribution in [-0.4, -0.2) is 23.0 Å². The summed E-state index contributed by atoms with van der Waals surface area (Å²) in [6.07, 6.45) is 1.40. The second-order valence-corrected chi connectivity index (χ2v) is 4.84. The molecule has 0 aliphatic heterocycles. The molecule has 0 aromatic heterocycles. The Bertz CT molecular complexity index is 722. The van der Waals surface area contributed by atoms with Crippen LogP contribution in [0, 0.1) is 5.82 Å². The van der Waals surface area contributed by atoms with Gasteiger partial charge in [-0.05, 0) is 43.4 Å². The summed E-state index contributed by atoms with van der Waals surface area (Å²) in [6.45, 7) is 2.28. The predicted octanol–water partition coefficient (Wildman–Crippen LogP) is 3.25. The molecule has 2 aromatic rings. The summed E-state index contributed by atoms with van der Waals surface area (Å²) in [6, 6.07) is 11.2. The Balaban J connectivity index is 1.98. The number of hydrazone groups is 1. The third-order valence-electron chi connectivity index (χ3n) is 2.82. The number of rotatable bonds is 5. The lowest BCUT2D eigenvalue weighted by molar-refractivity contribution is 0.318. The summed E-state index contributed by atoms with van der Waals surface area (Å²) < 4.78 is 18.8. The molecule has 0 fully saturated rings. The molecule has 2 aromatic carbocycles. The van der Waals surface area contributed by atoms with Gasteiger partial charge in [-0.2, -0.15) is 5.10 Å². The SMILES string of the molecule is CCOc1cccc(/C=N/NC(=S)Nc2ccccc2F)c1O. The molecule has 120 valence electrons. The summed E-state index contributed by atoms with van der Waals surface area (Å²) in [4.78, 5) is 0. The zero-order valence-corrected chi connectivity index (χ0v) is 13.2. The topological polar surface area (TPSA) is 65.9 Å². The minimum Gasteiger partial charge on any atom is -0.504 e. The molecule has 5 nitrogen and oxygen atoms in total. The van der Waals surface area contributed by atoms with Gasteiger partial charge in [0.05, 0.1) is 18.5 Å². The second-order valence-electron chi connectivity index (χ2n) is 4.43. The fourth-order valence-corrected chi connectivity index (χ4v) is 1.95. The molecular weight excluding hydrogens is 317 g/mol. The number of thiocarbonyl (C=S) groups is 1. The molecule has 0 aliphatic rings. The van der Waals surface area contributed by atoms with Crippen LogP contribution in [0.1, 0.15) is 12.5 Å². The van der Waals surface area contributed by atoms with Crippen LogP contribution in [0.5, 0.6) is 11.5 Å². The Morgan fingerprint density at radius 2 is 2.09 bits per heavy atom. The van der Waals surface area contributed by atoms with Gasteiger partial charge in [0.15, 0.2) is 16.6 Å². The minimum absolute atomic E-state index is 0.00659. The van der Waals surface area contributed by atoms with Crippen LogP contribution >= 0.6 is 12.2 Å². The lowest BCUT2D eigenvalue weighted by Crippen LogP contribution is -2.24. The highest BCUT2D eigenvalue weighted by molar-refractivity contribution is 7.80. The summed E-state index contributed by atoms with van der Waals surface area (Å²) in [5, 5.41) is 16.7. The number of anilines is 1. The maximum absolute atomic E-state index is 13.5. The van der Waals surface area contributed by atoms with Gasteiger partial charge < -0.3 is 15.2 Å². The molecule has 0 aliphatic carbocycles. The number of phenols is 1. The highest BCUT2D eigenvalue weighted by Gasteiger charge is 2.06. The number of ether oxygens (including phenoxy) is 1. The zero-order valence-electron chi connectivity index (χ0n) is 12.4. The van der Waals surface area contributed by atoms with Crippen molar-refractivity contribution < 1.29 is 14.2 Å². The first-order valence-corrected chi connectivity index (χ1v) is 7.32. The molecule has 0 amide bonds. The first-order valence-electron chi connectivity index (χ1n) is 6.91. The molecule has 0 atom stereocenters. The third kappa shape index (κ3) is 4.65. The van der Waals surface area contributed by atoms with E-state index in [-0.39, 0.29) is 16.5 Å². The normalized spacial score (nSPS) is 10.5.